The molecule has 4 nitrogen and oxygen atoms in total. The van der Waals surface area contributed by atoms with E-state index in [2.05, 4.69) is 0 Å². The Kier molecular flexibility index (Phi) is 4.96. The molecule has 0 fully saturated rings. The van der Waals surface area contributed by atoms with Crippen LogP contribution in [0.2, 0.25) is 0 Å². The zero-order valence-electron chi connectivity index (χ0n) is 12.7. The number of ether oxygens (including phenoxy) is 1. The van der Waals surface area contributed by atoms with Gasteiger partial charge in [0.05, 0.1) is 6.61 Å². The summed E-state index contributed by atoms with van der Waals surface area (Å²) in [5.41, 5.74) is 1.09. The van der Waals surface area contributed by atoms with Gasteiger partial charge in [0.15, 0.2) is 5.78 Å². The lowest BCUT2D eigenvalue weighted by molar-refractivity contribution is 0.0488. The van der Waals surface area contributed by atoms with Gasteiger partial charge < -0.3 is 14.9 Å². The molecular weight excluding hydrogens is 280 g/mol. The van der Waals surface area contributed by atoms with Crippen LogP contribution in [-0.4, -0.2) is 34.8 Å². The van der Waals surface area contributed by atoms with E-state index < -0.39 is 5.60 Å². The number of carbonyl (C=O) groups is 1. The Morgan fingerprint density at radius 2 is 1.50 bits per heavy atom. The summed E-state index contributed by atoms with van der Waals surface area (Å²) in [6.45, 7) is 3.22. The second-order valence-electron chi connectivity index (χ2n) is 5.56. The van der Waals surface area contributed by atoms with Crippen molar-refractivity contribution in [3.05, 3.63) is 54.1 Å². The molecule has 0 aliphatic heterocycles. The number of benzene rings is 2. The first kappa shape index (κ1) is 16.2. The predicted molar refractivity (Wildman–Crippen MR) is 85.1 cm³/mol. The molecule has 0 radical (unpaired) electrons. The van der Waals surface area contributed by atoms with Gasteiger partial charge in [-0.2, -0.15) is 0 Å². The molecule has 2 aromatic carbocycles. The van der Waals surface area contributed by atoms with Gasteiger partial charge in [-0.25, -0.2) is 0 Å². The highest BCUT2D eigenvalue weighted by atomic mass is 16.5. The van der Waals surface area contributed by atoms with E-state index in [1.165, 1.54) is 13.8 Å². The minimum Gasteiger partial charge on any atom is -0.491 e. The Labute approximate surface area is 130 Å². The Morgan fingerprint density at radius 1 is 1.00 bits per heavy atom. The summed E-state index contributed by atoms with van der Waals surface area (Å²) in [5, 5.41) is 18.5. The molecule has 0 aliphatic rings. The Balaban J connectivity index is 2.15. The maximum atomic E-state index is 12.0. The van der Waals surface area contributed by atoms with Gasteiger partial charge in [-0.3, -0.25) is 4.79 Å². The van der Waals surface area contributed by atoms with Gasteiger partial charge in [-0.05, 0) is 37.1 Å². The van der Waals surface area contributed by atoms with Crippen molar-refractivity contribution < 1.29 is 19.7 Å². The molecule has 0 unspecified atom stereocenters. The topological polar surface area (TPSA) is 66.8 Å². The zero-order valence-corrected chi connectivity index (χ0v) is 12.7. The van der Waals surface area contributed by atoms with Gasteiger partial charge in [0.2, 0.25) is 0 Å². The second kappa shape index (κ2) is 6.73. The van der Waals surface area contributed by atoms with Crippen molar-refractivity contribution in [3.63, 3.8) is 0 Å². The van der Waals surface area contributed by atoms with E-state index in [1.807, 2.05) is 36.4 Å². The minimum atomic E-state index is -1.37. The van der Waals surface area contributed by atoms with Crippen molar-refractivity contribution in [2.45, 2.75) is 19.4 Å². The first-order chi connectivity index (χ1) is 10.4. The number of Topliss-reactive ketones (excluding diaryl/α,β-unsaturated/α-hetero) is 1. The van der Waals surface area contributed by atoms with Crippen LogP contribution in [0.4, 0.5) is 0 Å². The van der Waals surface area contributed by atoms with E-state index in [9.17, 15) is 9.90 Å². The second-order valence-corrected chi connectivity index (χ2v) is 5.56. The number of hydrogen-bond donors (Lipinski definition) is 2. The van der Waals surface area contributed by atoms with Gasteiger partial charge in [0, 0.05) is 5.56 Å². The van der Waals surface area contributed by atoms with E-state index in [4.69, 9.17) is 9.84 Å². The third kappa shape index (κ3) is 3.93. The van der Waals surface area contributed by atoms with E-state index in [0.29, 0.717) is 11.3 Å². The normalized spacial score (nSPS) is 11.3. The molecule has 116 valence electrons. The van der Waals surface area contributed by atoms with Crippen LogP contribution in [0.3, 0.4) is 0 Å². The highest BCUT2D eigenvalue weighted by Gasteiger charge is 2.24. The number of aliphatic hydroxyl groups is 2. The van der Waals surface area contributed by atoms with Crippen LogP contribution in [0, 0.1) is 0 Å². The van der Waals surface area contributed by atoms with Crippen LogP contribution in [0.5, 0.6) is 5.75 Å². The Hall–Kier alpha value is -2.17. The van der Waals surface area contributed by atoms with Gasteiger partial charge in [-0.1, -0.05) is 36.4 Å². The van der Waals surface area contributed by atoms with Crippen LogP contribution in [0.25, 0.3) is 11.1 Å². The molecule has 0 saturated heterocycles. The van der Waals surface area contributed by atoms with Crippen LogP contribution in [-0.2, 0) is 0 Å². The fourth-order valence-electron chi connectivity index (χ4n) is 2.07. The standard InChI is InChI=1S/C18H20O4/c1-18(2,21)17(20)15-5-3-13(4-6-15)14-7-9-16(10-8-14)22-12-11-19/h3-10,19,21H,11-12H2,1-2H3. The minimum absolute atomic E-state index is 0.0154. The molecule has 0 aliphatic carbocycles. The van der Waals surface area contributed by atoms with Crippen molar-refractivity contribution in [3.8, 4) is 16.9 Å². The molecule has 0 heterocycles. The van der Waals surface area contributed by atoms with E-state index in [1.54, 1.807) is 12.1 Å². The van der Waals surface area contributed by atoms with E-state index in [-0.39, 0.29) is 19.0 Å². The van der Waals surface area contributed by atoms with Crippen molar-refractivity contribution >= 4 is 5.78 Å². The number of aliphatic hydroxyl groups excluding tert-OH is 1. The summed E-state index contributed by atoms with van der Waals surface area (Å²) < 4.78 is 5.31. The predicted octanol–water partition coefficient (Wildman–Crippen LogP) is 2.68. The first-order valence-corrected chi connectivity index (χ1v) is 7.13. The molecule has 0 aromatic heterocycles. The molecule has 0 bridgehead atoms. The SMILES string of the molecule is CC(C)(O)C(=O)c1ccc(-c2ccc(OCCO)cc2)cc1. The number of carbonyl (C=O) groups excluding carboxylic acids is 1. The smallest absolute Gasteiger partial charge is 0.193 e. The highest BCUT2D eigenvalue weighted by molar-refractivity contribution is 6.02. The van der Waals surface area contributed by atoms with Gasteiger partial charge in [0.25, 0.3) is 0 Å². The lowest BCUT2D eigenvalue weighted by Crippen LogP contribution is -2.30. The summed E-state index contributed by atoms with van der Waals surface area (Å²) in [6, 6.07) is 14.6. The molecule has 22 heavy (non-hydrogen) atoms. The van der Waals surface area contributed by atoms with Crippen molar-refractivity contribution in [1.82, 2.24) is 0 Å². The molecule has 4 heteroatoms. The van der Waals surface area contributed by atoms with E-state index >= 15 is 0 Å². The van der Waals surface area contributed by atoms with E-state index in [0.717, 1.165) is 11.1 Å². The average molecular weight is 300 g/mol. The fourth-order valence-corrected chi connectivity index (χ4v) is 2.07. The van der Waals surface area contributed by atoms with Crippen molar-refractivity contribution in [1.29, 1.82) is 0 Å². The van der Waals surface area contributed by atoms with Crippen LogP contribution < -0.4 is 4.74 Å². The quantitative estimate of drug-likeness (QED) is 0.805. The summed E-state index contributed by atoms with van der Waals surface area (Å²) >= 11 is 0. The first-order valence-electron chi connectivity index (χ1n) is 7.13. The molecule has 2 rings (SSSR count). The maximum Gasteiger partial charge on any atom is 0.193 e. The van der Waals surface area contributed by atoms with Crippen LogP contribution in [0.15, 0.2) is 48.5 Å². The highest BCUT2D eigenvalue weighted by Crippen LogP contribution is 2.24. The summed E-state index contributed by atoms with van der Waals surface area (Å²) in [7, 11) is 0. The Bertz CT molecular complexity index is 622. The Morgan fingerprint density at radius 3 is 1.95 bits per heavy atom. The molecule has 0 saturated carbocycles. The number of rotatable bonds is 6. The molecule has 0 atom stereocenters. The molecule has 2 N–H and O–H groups in total. The fraction of sp³-hybridized carbons (Fsp3) is 0.278. The summed E-state index contributed by atoms with van der Waals surface area (Å²) in [5.74, 6) is 0.401. The molecular formula is C18H20O4. The lowest BCUT2D eigenvalue weighted by atomic mass is 9.95. The lowest BCUT2D eigenvalue weighted by Gasteiger charge is -2.15. The third-order valence-corrected chi connectivity index (χ3v) is 3.25. The molecule has 0 amide bonds. The summed E-state index contributed by atoms with van der Waals surface area (Å²) in [6.07, 6.45) is 0. The number of ketones is 1. The van der Waals surface area contributed by atoms with Crippen molar-refractivity contribution in [2.75, 3.05) is 13.2 Å². The third-order valence-electron chi connectivity index (χ3n) is 3.25. The van der Waals surface area contributed by atoms with Gasteiger partial charge >= 0.3 is 0 Å². The molecule has 2 aromatic rings. The van der Waals surface area contributed by atoms with Gasteiger partial charge in [-0.15, -0.1) is 0 Å². The monoisotopic (exact) mass is 300 g/mol. The molecule has 0 spiro atoms. The maximum absolute atomic E-state index is 12.0. The van der Waals surface area contributed by atoms with Crippen LogP contribution >= 0.6 is 0 Å². The van der Waals surface area contributed by atoms with Gasteiger partial charge in [0.1, 0.15) is 18.0 Å². The van der Waals surface area contributed by atoms with Crippen molar-refractivity contribution in [2.24, 2.45) is 0 Å². The zero-order chi connectivity index (χ0) is 16.2. The summed E-state index contributed by atoms with van der Waals surface area (Å²) in [4.78, 5) is 12.0. The average Bonchev–Trinajstić information content (AvgIpc) is 2.52. The van der Waals surface area contributed by atoms with Crippen LogP contribution in [0.1, 0.15) is 24.2 Å². The largest absolute Gasteiger partial charge is 0.491 e. The number of hydrogen-bond acceptors (Lipinski definition) is 4.